The zero-order valence-corrected chi connectivity index (χ0v) is 12.0. The third kappa shape index (κ3) is 8.98. The highest BCUT2D eigenvalue weighted by Gasteiger charge is 2.14. The molecule has 0 bridgehead atoms. The summed E-state index contributed by atoms with van der Waals surface area (Å²) in [6, 6.07) is 0. The predicted octanol–water partition coefficient (Wildman–Crippen LogP) is 1.18. The van der Waals surface area contributed by atoms with Gasteiger partial charge in [0.2, 0.25) is 5.91 Å². The molecule has 0 aromatic heterocycles. The fraction of sp³-hybridized carbons (Fsp3) is 0.846. The summed E-state index contributed by atoms with van der Waals surface area (Å²) in [7, 11) is 0. The molecule has 0 radical (unpaired) electrons. The lowest BCUT2D eigenvalue weighted by molar-refractivity contribution is -0.138. The molecule has 1 saturated heterocycles. The van der Waals surface area contributed by atoms with E-state index in [-0.39, 0.29) is 5.60 Å². The highest BCUT2D eigenvalue weighted by atomic mass is 16.5. The van der Waals surface area contributed by atoms with Gasteiger partial charge in [-0.25, -0.2) is 0 Å². The zero-order valence-electron chi connectivity index (χ0n) is 12.0. The van der Waals surface area contributed by atoms with Gasteiger partial charge in [-0.15, -0.1) is 0 Å². The maximum Gasteiger partial charge on any atom is 0.293 e. The molecule has 5 heteroatoms. The minimum Gasteiger partial charge on any atom is -0.462 e. The van der Waals surface area contributed by atoms with Gasteiger partial charge in [0.1, 0.15) is 5.60 Å². The Bertz CT molecular complexity index is 243. The van der Waals surface area contributed by atoms with Crippen LogP contribution >= 0.6 is 0 Å². The van der Waals surface area contributed by atoms with Crippen molar-refractivity contribution >= 4 is 12.4 Å². The first-order valence-electron chi connectivity index (χ1n) is 6.50. The Labute approximate surface area is 110 Å². The van der Waals surface area contributed by atoms with Crippen LogP contribution in [0.5, 0.6) is 0 Å². The average Bonchev–Trinajstić information content (AvgIpc) is 2.30. The molecule has 1 amide bonds. The van der Waals surface area contributed by atoms with E-state index in [1.54, 1.807) is 0 Å². The Morgan fingerprint density at radius 2 is 1.89 bits per heavy atom. The van der Waals surface area contributed by atoms with E-state index in [0.717, 1.165) is 32.6 Å². The molecule has 106 valence electrons. The Kier molecular flexibility index (Phi) is 8.37. The first kappa shape index (κ1) is 16.9. The normalized spacial score (nSPS) is 15.4. The number of nitrogens with one attached hydrogen (secondary N) is 1. The molecule has 1 rings (SSSR count). The number of ether oxygens (including phenoxy) is 1. The molecule has 0 aromatic rings. The van der Waals surface area contributed by atoms with Gasteiger partial charge in [0.25, 0.3) is 6.47 Å². The van der Waals surface area contributed by atoms with Crippen LogP contribution in [0.25, 0.3) is 0 Å². The van der Waals surface area contributed by atoms with Crippen LogP contribution in [-0.2, 0) is 14.3 Å². The van der Waals surface area contributed by atoms with Gasteiger partial charge in [-0.05, 0) is 27.2 Å². The van der Waals surface area contributed by atoms with Crippen LogP contribution in [0.2, 0.25) is 0 Å². The third-order valence-electron chi connectivity index (χ3n) is 2.34. The number of hydrogen-bond donors (Lipinski definition) is 1. The Morgan fingerprint density at radius 1 is 1.33 bits per heavy atom. The maximum atomic E-state index is 11.3. The highest BCUT2D eigenvalue weighted by Crippen LogP contribution is 2.02. The lowest BCUT2D eigenvalue weighted by Crippen LogP contribution is -2.46. The fourth-order valence-electron chi connectivity index (χ4n) is 1.43. The summed E-state index contributed by atoms with van der Waals surface area (Å²) in [5.41, 5.74) is -0.318. The summed E-state index contributed by atoms with van der Waals surface area (Å²) in [5.74, 6) is 0.314. The minimum absolute atomic E-state index is 0.314. The van der Waals surface area contributed by atoms with Crippen LogP contribution in [0.1, 0.15) is 40.5 Å². The molecule has 1 aliphatic heterocycles. The van der Waals surface area contributed by atoms with E-state index >= 15 is 0 Å². The first-order valence-corrected chi connectivity index (χ1v) is 6.50. The lowest BCUT2D eigenvalue weighted by Gasteiger charge is -2.27. The summed E-state index contributed by atoms with van der Waals surface area (Å²) < 4.78 is 4.55. The van der Waals surface area contributed by atoms with Crippen molar-refractivity contribution in [1.82, 2.24) is 10.2 Å². The van der Waals surface area contributed by atoms with Crippen molar-refractivity contribution in [2.75, 3.05) is 26.2 Å². The molecular formula is C13H26N2O3. The van der Waals surface area contributed by atoms with E-state index in [1.807, 2.05) is 32.6 Å². The Morgan fingerprint density at radius 3 is 2.22 bits per heavy atom. The SMILES string of the molecule is CC(C)(C)OC=O.CCCC(=O)N1CCNCC1. The molecule has 1 aliphatic rings. The molecule has 0 saturated carbocycles. The smallest absolute Gasteiger partial charge is 0.293 e. The highest BCUT2D eigenvalue weighted by molar-refractivity contribution is 5.76. The number of carbonyl (C=O) groups excluding carboxylic acids is 2. The van der Waals surface area contributed by atoms with E-state index in [0.29, 0.717) is 18.8 Å². The molecule has 1 fully saturated rings. The van der Waals surface area contributed by atoms with E-state index < -0.39 is 0 Å². The number of carbonyl (C=O) groups is 2. The fourth-order valence-corrected chi connectivity index (χ4v) is 1.43. The van der Waals surface area contributed by atoms with Gasteiger partial charge in [0, 0.05) is 32.6 Å². The average molecular weight is 258 g/mol. The quantitative estimate of drug-likeness (QED) is 0.772. The van der Waals surface area contributed by atoms with Gasteiger partial charge < -0.3 is 15.0 Å². The van der Waals surface area contributed by atoms with Crippen LogP contribution in [0.3, 0.4) is 0 Å². The van der Waals surface area contributed by atoms with E-state index in [2.05, 4.69) is 10.1 Å². The summed E-state index contributed by atoms with van der Waals surface area (Å²) in [6.45, 7) is 11.6. The molecule has 0 spiro atoms. The number of piperazine rings is 1. The van der Waals surface area contributed by atoms with Crippen LogP contribution < -0.4 is 5.32 Å². The van der Waals surface area contributed by atoms with Gasteiger partial charge in [0.05, 0.1) is 0 Å². The summed E-state index contributed by atoms with van der Waals surface area (Å²) in [6.07, 6.45) is 1.67. The second-order valence-electron chi connectivity index (χ2n) is 5.21. The molecule has 0 aromatic carbocycles. The standard InChI is InChI=1S/C8H16N2O.C5H10O2/c1-2-3-8(11)10-6-4-9-5-7-10;1-5(2,3)7-4-6/h9H,2-7H2,1H3;4H,1-3H3. The van der Waals surface area contributed by atoms with Crippen molar-refractivity contribution in [1.29, 1.82) is 0 Å². The molecule has 0 aliphatic carbocycles. The molecule has 0 unspecified atom stereocenters. The van der Waals surface area contributed by atoms with Crippen LogP contribution in [-0.4, -0.2) is 49.1 Å². The first-order chi connectivity index (χ1) is 8.40. The lowest BCUT2D eigenvalue weighted by atomic mass is 10.2. The maximum absolute atomic E-state index is 11.3. The minimum atomic E-state index is -0.318. The second-order valence-corrected chi connectivity index (χ2v) is 5.21. The van der Waals surface area contributed by atoms with Crippen molar-refractivity contribution < 1.29 is 14.3 Å². The van der Waals surface area contributed by atoms with Crippen molar-refractivity contribution in [3.63, 3.8) is 0 Å². The molecule has 18 heavy (non-hydrogen) atoms. The molecule has 1 N–H and O–H groups in total. The van der Waals surface area contributed by atoms with E-state index in [9.17, 15) is 9.59 Å². The van der Waals surface area contributed by atoms with Gasteiger partial charge >= 0.3 is 0 Å². The van der Waals surface area contributed by atoms with Crippen molar-refractivity contribution in [3.05, 3.63) is 0 Å². The molecule has 0 atom stereocenters. The van der Waals surface area contributed by atoms with Gasteiger partial charge in [0.15, 0.2) is 0 Å². The van der Waals surface area contributed by atoms with Crippen molar-refractivity contribution in [2.24, 2.45) is 0 Å². The van der Waals surface area contributed by atoms with Crippen molar-refractivity contribution in [2.45, 2.75) is 46.1 Å². The summed E-state index contributed by atoms with van der Waals surface area (Å²) in [5, 5.41) is 3.22. The molecule has 1 heterocycles. The van der Waals surface area contributed by atoms with Crippen molar-refractivity contribution in [3.8, 4) is 0 Å². The molecule has 5 nitrogen and oxygen atoms in total. The predicted molar refractivity (Wildman–Crippen MR) is 71.3 cm³/mol. The topological polar surface area (TPSA) is 58.6 Å². The summed E-state index contributed by atoms with van der Waals surface area (Å²) in [4.78, 5) is 22.8. The zero-order chi connectivity index (χ0) is 14.0. The van der Waals surface area contributed by atoms with Crippen LogP contribution in [0.4, 0.5) is 0 Å². The number of hydrogen-bond acceptors (Lipinski definition) is 4. The number of amides is 1. The second kappa shape index (κ2) is 8.91. The third-order valence-corrected chi connectivity index (χ3v) is 2.34. The molecular weight excluding hydrogens is 232 g/mol. The Hall–Kier alpha value is -1.10. The van der Waals surface area contributed by atoms with Crippen LogP contribution in [0, 0.1) is 0 Å². The van der Waals surface area contributed by atoms with Crippen LogP contribution in [0.15, 0.2) is 0 Å². The number of nitrogens with zero attached hydrogens (tertiary/aromatic N) is 1. The monoisotopic (exact) mass is 258 g/mol. The van der Waals surface area contributed by atoms with Gasteiger partial charge in [-0.2, -0.15) is 0 Å². The van der Waals surface area contributed by atoms with E-state index in [1.165, 1.54) is 0 Å². The summed E-state index contributed by atoms with van der Waals surface area (Å²) >= 11 is 0. The van der Waals surface area contributed by atoms with Gasteiger partial charge in [-0.1, -0.05) is 6.92 Å². The van der Waals surface area contributed by atoms with E-state index in [4.69, 9.17) is 0 Å². The number of rotatable bonds is 3. The largest absolute Gasteiger partial charge is 0.462 e. The Balaban J connectivity index is 0.000000360. The van der Waals surface area contributed by atoms with Gasteiger partial charge in [-0.3, -0.25) is 9.59 Å².